The van der Waals surface area contributed by atoms with Gasteiger partial charge in [-0.2, -0.15) is 5.10 Å². The molecule has 1 atom stereocenters. The molecule has 1 unspecified atom stereocenters. The number of carbonyl (C=O) groups excluding carboxylic acids is 2. The quantitative estimate of drug-likeness (QED) is 0.566. The number of methoxy groups -OCH3 is 1. The first-order chi connectivity index (χ1) is 13.1. The molecule has 0 saturated carbocycles. The highest BCUT2D eigenvalue weighted by molar-refractivity contribution is 9.10. The molecule has 1 fully saturated rings. The molecule has 140 valence electrons. The molecule has 7 heteroatoms. The highest BCUT2D eigenvalue weighted by Crippen LogP contribution is 2.27. The largest absolute Gasteiger partial charge is 0.496 e. The number of hydrogen-bond acceptors (Lipinski definition) is 4. The summed E-state index contributed by atoms with van der Waals surface area (Å²) in [6.07, 6.45) is 1.94. The van der Waals surface area contributed by atoms with E-state index in [0.29, 0.717) is 18.7 Å². The minimum absolute atomic E-state index is 0.00484. The van der Waals surface area contributed by atoms with E-state index in [9.17, 15) is 9.59 Å². The van der Waals surface area contributed by atoms with Crippen LogP contribution in [0.15, 0.2) is 58.1 Å². The molecule has 1 aliphatic rings. The van der Waals surface area contributed by atoms with E-state index in [0.717, 1.165) is 15.6 Å². The summed E-state index contributed by atoms with van der Waals surface area (Å²) in [7, 11) is 1.57. The Labute approximate surface area is 166 Å². The number of nitrogens with zero attached hydrogens (tertiary/aromatic N) is 2. The zero-order chi connectivity index (χ0) is 19.2. The molecule has 1 aliphatic heterocycles. The molecule has 0 radical (unpaired) electrons. The average molecular weight is 430 g/mol. The second kappa shape index (κ2) is 8.81. The van der Waals surface area contributed by atoms with Crippen molar-refractivity contribution in [1.29, 1.82) is 0 Å². The molecule has 1 N–H and O–H groups in total. The lowest BCUT2D eigenvalue weighted by Gasteiger charge is -2.15. The molecule has 2 aromatic rings. The van der Waals surface area contributed by atoms with Crippen LogP contribution in [0.5, 0.6) is 5.75 Å². The monoisotopic (exact) mass is 429 g/mol. The summed E-state index contributed by atoms with van der Waals surface area (Å²) in [5.74, 6) is 0.427. The van der Waals surface area contributed by atoms with Gasteiger partial charge < -0.3 is 9.64 Å². The Morgan fingerprint density at radius 3 is 2.85 bits per heavy atom. The molecular weight excluding hydrogens is 410 g/mol. The summed E-state index contributed by atoms with van der Waals surface area (Å²) < 4.78 is 6.14. The first kappa shape index (κ1) is 19.1. The van der Waals surface area contributed by atoms with Crippen molar-refractivity contribution in [2.45, 2.75) is 12.3 Å². The Balaban J connectivity index is 1.55. The highest BCUT2D eigenvalue weighted by atomic mass is 79.9. The van der Waals surface area contributed by atoms with E-state index in [4.69, 9.17) is 4.74 Å². The summed E-state index contributed by atoms with van der Waals surface area (Å²) in [5.41, 5.74) is 4.32. The van der Waals surface area contributed by atoms with Gasteiger partial charge in [0.2, 0.25) is 5.91 Å². The van der Waals surface area contributed by atoms with Gasteiger partial charge in [-0.15, -0.1) is 0 Å². The van der Waals surface area contributed by atoms with Gasteiger partial charge in [-0.1, -0.05) is 46.3 Å². The van der Waals surface area contributed by atoms with E-state index < -0.39 is 0 Å². The molecule has 0 aromatic heterocycles. The first-order valence-electron chi connectivity index (χ1n) is 8.55. The maximum Gasteiger partial charge on any atom is 0.259 e. The molecule has 0 bridgehead atoms. The van der Waals surface area contributed by atoms with Crippen LogP contribution in [-0.2, 0) is 9.59 Å². The molecule has 6 nitrogen and oxygen atoms in total. The van der Waals surface area contributed by atoms with E-state index in [1.807, 2.05) is 42.5 Å². The number of amides is 2. The van der Waals surface area contributed by atoms with Crippen LogP contribution in [0.25, 0.3) is 0 Å². The van der Waals surface area contributed by atoms with Gasteiger partial charge in [-0.05, 0) is 23.8 Å². The summed E-state index contributed by atoms with van der Waals surface area (Å²) in [6, 6.07) is 15.4. The van der Waals surface area contributed by atoms with Gasteiger partial charge in [0, 0.05) is 28.9 Å². The molecule has 0 spiro atoms. The number of hydrogen-bond donors (Lipinski definition) is 1. The smallest absolute Gasteiger partial charge is 0.259 e. The fourth-order valence-corrected chi connectivity index (χ4v) is 3.44. The van der Waals surface area contributed by atoms with Crippen LogP contribution in [0.1, 0.15) is 23.5 Å². The maximum atomic E-state index is 12.2. The number of nitrogens with one attached hydrogen (secondary N) is 1. The first-order valence-corrected chi connectivity index (χ1v) is 9.34. The second-order valence-corrected chi connectivity index (χ2v) is 7.18. The van der Waals surface area contributed by atoms with Crippen LogP contribution >= 0.6 is 15.9 Å². The fourth-order valence-electron chi connectivity index (χ4n) is 3.06. The minimum Gasteiger partial charge on any atom is -0.496 e. The van der Waals surface area contributed by atoms with E-state index in [-0.39, 0.29) is 24.3 Å². The Kier molecular flexibility index (Phi) is 6.24. The van der Waals surface area contributed by atoms with Crippen LogP contribution in [0.2, 0.25) is 0 Å². The molecule has 1 heterocycles. The summed E-state index contributed by atoms with van der Waals surface area (Å²) >= 11 is 3.39. The maximum absolute atomic E-state index is 12.2. The number of benzene rings is 2. The summed E-state index contributed by atoms with van der Waals surface area (Å²) in [4.78, 5) is 25.9. The van der Waals surface area contributed by atoms with Crippen molar-refractivity contribution >= 4 is 34.0 Å². The van der Waals surface area contributed by atoms with Gasteiger partial charge >= 0.3 is 0 Å². The third kappa shape index (κ3) is 4.95. The van der Waals surface area contributed by atoms with E-state index in [1.165, 1.54) is 6.21 Å². The highest BCUT2D eigenvalue weighted by Gasteiger charge is 2.31. The molecule has 1 saturated heterocycles. The lowest BCUT2D eigenvalue weighted by Crippen LogP contribution is -2.36. The standard InChI is InChI=1S/C20H20BrN3O3/c1-27-18-8-7-17(21)9-15(18)11-22-23-19(25)13-24-12-16(10-20(24)26)14-5-3-2-4-6-14/h2-9,11,16H,10,12-13H2,1H3,(H,23,25)/b22-11+. The topological polar surface area (TPSA) is 71.0 Å². The van der Waals surface area contributed by atoms with Crippen molar-refractivity contribution in [2.24, 2.45) is 5.10 Å². The lowest BCUT2D eigenvalue weighted by molar-refractivity contribution is -0.133. The number of likely N-dealkylation sites (tertiary alicyclic amines) is 1. The van der Waals surface area contributed by atoms with Gasteiger partial charge in [0.25, 0.3) is 5.91 Å². The third-order valence-corrected chi connectivity index (χ3v) is 4.90. The number of rotatable bonds is 6. The number of hydrazone groups is 1. The predicted molar refractivity (Wildman–Crippen MR) is 107 cm³/mol. The molecular formula is C20H20BrN3O3. The molecule has 2 amide bonds. The minimum atomic E-state index is -0.331. The molecule has 27 heavy (non-hydrogen) atoms. The Morgan fingerprint density at radius 2 is 2.11 bits per heavy atom. The lowest BCUT2D eigenvalue weighted by atomic mass is 9.99. The number of ether oxygens (including phenoxy) is 1. The normalized spacial score (nSPS) is 16.7. The average Bonchev–Trinajstić information content (AvgIpc) is 3.03. The Hall–Kier alpha value is -2.67. The SMILES string of the molecule is COc1ccc(Br)cc1/C=N/NC(=O)CN1CC(c2ccccc2)CC1=O. The summed E-state index contributed by atoms with van der Waals surface area (Å²) in [5, 5.41) is 3.97. The zero-order valence-electron chi connectivity index (χ0n) is 14.9. The Bertz CT molecular complexity index is 855. The predicted octanol–water partition coefficient (Wildman–Crippen LogP) is 2.92. The van der Waals surface area contributed by atoms with Crippen molar-refractivity contribution in [3.63, 3.8) is 0 Å². The van der Waals surface area contributed by atoms with Crippen molar-refractivity contribution in [2.75, 3.05) is 20.2 Å². The molecule has 3 rings (SSSR count). The van der Waals surface area contributed by atoms with E-state index in [2.05, 4.69) is 26.5 Å². The summed E-state index contributed by atoms with van der Waals surface area (Å²) in [6.45, 7) is 0.536. The van der Waals surface area contributed by atoms with E-state index >= 15 is 0 Å². The van der Waals surface area contributed by atoms with Crippen LogP contribution in [0.4, 0.5) is 0 Å². The van der Waals surface area contributed by atoms with Crippen LogP contribution < -0.4 is 10.2 Å². The van der Waals surface area contributed by atoms with Gasteiger partial charge in [-0.3, -0.25) is 9.59 Å². The number of halogens is 1. The van der Waals surface area contributed by atoms with Crippen molar-refractivity contribution in [3.8, 4) is 5.75 Å². The molecule has 0 aliphatic carbocycles. The van der Waals surface area contributed by atoms with Crippen LogP contribution in [0.3, 0.4) is 0 Å². The van der Waals surface area contributed by atoms with Crippen LogP contribution in [0, 0.1) is 0 Å². The van der Waals surface area contributed by atoms with Gasteiger partial charge in [-0.25, -0.2) is 5.43 Å². The molecule has 2 aromatic carbocycles. The van der Waals surface area contributed by atoms with Crippen LogP contribution in [-0.4, -0.2) is 43.1 Å². The number of carbonyl (C=O) groups is 2. The fraction of sp³-hybridized carbons (Fsp3) is 0.250. The Morgan fingerprint density at radius 1 is 1.33 bits per heavy atom. The third-order valence-electron chi connectivity index (χ3n) is 4.40. The van der Waals surface area contributed by atoms with Gasteiger partial charge in [0.15, 0.2) is 0 Å². The zero-order valence-corrected chi connectivity index (χ0v) is 16.5. The van der Waals surface area contributed by atoms with Gasteiger partial charge in [0.1, 0.15) is 12.3 Å². The van der Waals surface area contributed by atoms with Gasteiger partial charge in [0.05, 0.1) is 13.3 Å². The van der Waals surface area contributed by atoms with Crippen molar-refractivity contribution in [1.82, 2.24) is 10.3 Å². The van der Waals surface area contributed by atoms with Crippen molar-refractivity contribution < 1.29 is 14.3 Å². The second-order valence-electron chi connectivity index (χ2n) is 6.27. The van der Waals surface area contributed by atoms with Crippen molar-refractivity contribution in [3.05, 3.63) is 64.1 Å². The van der Waals surface area contributed by atoms with E-state index in [1.54, 1.807) is 18.1 Å².